The van der Waals surface area contributed by atoms with E-state index in [1.165, 1.54) is 6.42 Å². The van der Waals surface area contributed by atoms with E-state index in [4.69, 9.17) is 5.73 Å². The molecule has 2 aliphatic carbocycles. The summed E-state index contributed by atoms with van der Waals surface area (Å²) >= 11 is 0. The van der Waals surface area contributed by atoms with Crippen molar-refractivity contribution in [3.63, 3.8) is 0 Å². The number of hydrogen-bond donors (Lipinski definition) is 2. The molecule has 1 saturated heterocycles. The van der Waals surface area contributed by atoms with E-state index in [-0.39, 0.29) is 12.0 Å². The maximum Gasteiger partial charge on any atom is 0.225 e. The van der Waals surface area contributed by atoms with Crippen molar-refractivity contribution in [2.24, 2.45) is 23.5 Å². The zero-order chi connectivity index (χ0) is 15.0. The summed E-state index contributed by atoms with van der Waals surface area (Å²) in [6.07, 6.45) is 7.98. The van der Waals surface area contributed by atoms with Gasteiger partial charge in [0.2, 0.25) is 5.91 Å². The number of hydrogen-bond acceptors (Lipinski definition) is 3. The standard InChI is InChI=1S/C17H30N2O2/c1-12-5-6-13(10-15(12)18)16(20)19-9-8-17(21)7-3-2-4-14(17)11-19/h12-15,21H,2-11,18H2,1H3. The van der Waals surface area contributed by atoms with Crippen molar-refractivity contribution in [1.82, 2.24) is 4.90 Å². The van der Waals surface area contributed by atoms with E-state index in [0.29, 0.717) is 17.7 Å². The lowest BCUT2D eigenvalue weighted by atomic mass is 9.71. The van der Waals surface area contributed by atoms with Crippen molar-refractivity contribution in [2.45, 2.75) is 69.9 Å². The van der Waals surface area contributed by atoms with Gasteiger partial charge in [0.15, 0.2) is 0 Å². The molecule has 0 radical (unpaired) electrons. The molecule has 4 heteroatoms. The van der Waals surface area contributed by atoms with E-state index < -0.39 is 5.60 Å². The van der Waals surface area contributed by atoms with Crippen LogP contribution in [0.4, 0.5) is 0 Å². The molecule has 1 aliphatic heterocycles. The average molecular weight is 294 g/mol. The summed E-state index contributed by atoms with van der Waals surface area (Å²) in [6.45, 7) is 3.68. The van der Waals surface area contributed by atoms with Crippen LogP contribution in [0.3, 0.4) is 0 Å². The first-order chi connectivity index (χ1) is 9.99. The predicted octanol–water partition coefficient (Wildman–Crippen LogP) is 1.90. The third-order valence-corrected chi connectivity index (χ3v) is 6.35. The van der Waals surface area contributed by atoms with Gasteiger partial charge in [-0.05, 0) is 44.4 Å². The van der Waals surface area contributed by atoms with Gasteiger partial charge in [-0.15, -0.1) is 0 Å². The highest BCUT2D eigenvalue weighted by atomic mass is 16.3. The van der Waals surface area contributed by atoms with Gasteiger partial charge in [-0.2, -0.15) is 0 Å². The Hall–Kier alpha value is -0.610. The molecular weight excluding hydrogens is 264 g/mol. The topological polar surface area (TPSA) is 66.6 Å². The van der Waals surface area contributed by atoms with Gasteiger partial charge in [0, 0.05) is 31.0 Å². The summed E-state index contributed by atoms with van der Waals surface area (Å²) in [4.78, 5) is 14.8. The number of piperidine rings is 1. The molecule has 3 N–H and O–H groups in total. The molecule has 3 fully saturated rings. The summed E-state index contributed by atoms with van der Waals surface area (Å²) in [5.74, 6) is 1.25. The molecule has 5 unspecified atom stereocenters. The van der Waals surface area contributed by atoms with Crippen molar-refractivity contribution in [3.8, 4) is 0 Å². The highest BCUT2D eigenvalue weighted by molar-refractivity contribution is 5.79. The van der Waals surface area contributed by atoms with E-state index in [1.807, 2.05) is 4.90 Å². The zero-order valence-electron chi connectivity index (χ0n) is 13.3. The SMILES string of the molecule is CC1CCC(C(=O)N2CCC3(O)CCCCC3C2)CC1N. The minimum absolute atomic E-state index is 0.117. The lowest BCUT2D eigenvalue weighted by Crippen LogP contribution is -2.56. The van der Waals surface area contributed by atoms with Gasteiger partial charge in [-0.25, -0.2) is 0 Å². The molecule has 0 spiro atoms. The number of rotatable bonds is 1. The van der Waals surface area contributed by atoms with Crippen molar-refractivity contribution < 1.29 is 9.90 Å². The predicted molar refractivity (Wildman–Crippen MR) is 82.6 cm³/mol. The zero-order valence-corrected chi connectivity index (χ0v) is 13.3. The van der Waals surface area contributed by atoms with Gasteiger partial charge in [0.1, 0.15) is 0 Å². The van der Waals surface area contributed by atoms with Gasteiger partial charge in [0.25, 0.3) is 0 Å². The van der Waals surface area contributed by atoms with Crippen LogP contribution in [0.2, 0.25) is 0 Å². The van der Waals surface area contributed by atoms with Crippen LogP contribution in [0, 0.1) is 17.8 Å². The molecule has 21 heavy (non-hydrogen) atoms. The number of aliphatic hydroxyl groups is 1. The first kappa shape index (κ1) is 15.3. The number of nitrogens with zero attached hydrogens (tertiary/aromatic N) is 1. The van der Waals surface area contributed by atoms with Crippen molar-refractivity contribution >= 4 is 5.91 Å². The van der Waals surface area contributed by atoms with Crippen LogP contribution in [0.1, 0.15) is 58.3 Å². The third-order valence-electron chi connectivity index (χ3n) is 6.35. The minimum atomic E-state index is -0.494. The Morgan fingerprint density at radius 3 is 2.81 bits per heavy atom. The summed E-state index contributed by atoms with van der Waals surface area (Å²) in [5.41, 5.74) is 5.66. The second-order valence-corrected chi connectivity index (χ2v) is 7.73. The van der Waals surface area contributed by atoms with Gasteiger partial charge >= 0.3 is 0 Å². The number of fused-ring (bicyclic) bond motifs is 1. The fraction of sp³-hybridized carbons (Fsp3) is 0.941. The lowest BCUT2D eigenvalue weighted by molar-refractivity contribution is -0.148. The van der Waals surface area contributed by atoms with Crippen LogP contribution in [-0.4, -0.2) is 40.6 Å². The Kier molecular flexibility index (Phi) is 4.28. The van der Waals surface area contributed by atoms with Crippen molar-refractivity contribution in [1.29, 1.82) is 0 Å². The molecule has 1 amide bonds. The lowest BCUT2D eigenvalue weighted by Gasteiger charge is -2.48. The minimum Gasteiger partial charge on any atom is -0.389 e. The Balaban J connectivity index is 1.61. The highest BCUT2D eigenvalue weighted by Crippen LogP contribution is 2.40. The van der Waals surface area contributed by atoms with E-state index in [9.17, 15) is 9.90 Å². The quantitative estimate of drug-likeness (QED) is 0.776. The largest absolute Gasteiger partial charge is 0.389 e. The summed E-state index contributed by atoms with van der Waals surface area (Å²) in [7, 11) is 0. The van der Waals surface area contributed by atoms with E-state index in [2.05, 4.69) is 6.92 Å². The molecule has 0 aromatic rings. The second kappa shape index (κ2) is 5.88. The van der Waals surface area contributed by atoms with Gasteiger partial charge < -0.3 is 15.7 Å². The first-order valence-corrected chi connectivity index (χ1v) is 8.76. The molecule has 5 atom stereocenters. The molecule has 120 valence electrons. The second-order valence-electron chi connectivity index (χ2n) is 7.73. The summed E-state index contributed by atoms with van der Waals surface area (Å²) in [5, 5.41) is 10.7. The van der Waals surface area contributed by atoms with Gasteiger partial charge in [-0.1, -0.05) is 19.8 Å². The molecule has 0 aromatic carbocycles. The van der Waals surface area contributed by atoms with Crippen molar-refractivity contribution in [3.05, 3.63) is 0 Å². The van der Waals surface area contributed by atoms with Crippen LogP contribution >= 0.6 is 0 Å². The molecule has 0 aromatic heterocycles. The molecule has 0 bridgehead atoms. The average Bonchev–Trinajstić information content (AvgIpc) is 2.48. The van der Waals surface area contributed by atoms with Crippen LogP contribution < -0.4 is 5.73 Å². The van der Waals surface area contributed by atoms with Crippen LogP contribution in [0.5, 0.6) is 0 Å². The molecule has 1 heterocycles. The Morgan fingerprint density at radius 2 is 2.05 bits per heavy atom. The number of nitrogens with two attached hydrogens (primary N) is 1. The highest BCUT2D eigenvalue weighted by Gasteiger charge is 2.44. The molecular formula is C17H30N2O2. The fourth-order valence-corrected chi connectivity index (χ4v) is 4.61. The fourth-order valence-electron chi connectivity index (χ4n) is 4.61. The summed E-state index contributed by atoms with van der Waals surface area (Å²) in [6, 6.07) is 0.170. The molecule has 2 saturated carbocycles. The normalized spacial score (nSPS) is 44.2. The third kappa shape index (κ3) is 2.98. The summed E-state index contributed by atoms with van der Waals surface area (Å²) < 4.78 is 0. The van der Waals surface area contributed by atoms with E-state index in [1.54, 1.807) is 0 Å². The van der Waals surface area contributed by atoms with Gasteiger partial charge in [-0.3, -0.25) is 4.79 Å². The molecule has 3 rings (SSSR count). The van der Waals surface area contributed by atoms with Crippen molar-refractivity contribution in [2.75, 3.05) is 13.1 Å². The maximum absolute atomic E-state index is 12.8. The molecule has 4 nitrogen and oxygen atoms in total. The number of carbonyl (C=O) groups excluding carboxylic acids is 1. The Morgan fingerprint density at radius 1 is 1.24 bits per heavy atom. The van der Waals surface area contributed by atoms with Crippen LogP contribution in [-0.2, 0) is 4.79 Å². The smallest absolute Gasteiger partial charge is 0.225 e. The van der Waals surface area contributed by atoms with Crippen LogP contribution in [0.25, 0.3) is 0 Å². The van der Waals surface area contributed by atoms with Gasteiger partial charge in [0.05, 0.1) is 5.60 Å². The molecule has 3 aliphatic rings. The van der Waals surface area contributed by atoms with Crippen LogP contribution in [0.15, 0.2) is 0 Å². The Bertz CT molecular complexity index is 400. The monoisotopic (exact) mass is 294 g/mol. The van der Waals surface area contributed by atoms with E-state index >= 15 is 0 Å². The maximum atomic E-state index is 12.8. The first-order valence-electron chi connectivity index (χ1n) is 8.76. The number of carbonyl (C=O) groups is 1. The number of likely N-dealkylation sites (tertiary alicyclic amines) is 1. The number of amides is 1. The Labute approximate surface area is 128 Å². The van der Waals surface area contributed by atoms with E-state index in [0.717, 1.165) is 58.0 Å².